The Hall–Kier alpha value is 0.160. The van der Waals surface area contributed by atoms with Gasteiger partial charge in [0.15, 0.2) is 12.2 Å². The summed E-state index contributed by atoms with van der Waals surface area (Å²) in [5, 5.41) is 16.2. The first kappa shape index (κ1) is 10.2. The summed E-state index contributed by atoms with van der Waals surface area (Å²) in [7, 11) is 0. The van der Waals surface area contributed by atoms with Crippen LogP contribution in [0.5, 0.6) is 0 Å². The predicted octanol–water partition coefficient (Wildman–Crippen LogP) is -1.23. The molecule has 0 aromatic heterocycles. The SMILES string of the molecule is O=C(O)C1OC1C(=O)O.[Ca+2].[H-].[H-]. The maximum Gasteiger partial charge on any atom is 2.00 e. The Bertz CT molecular complexity index is 157. The van der Waals surface area contributed by atoms with Crippen molar-refractivity contribution in [3.63, 3.8) is 0 Å². The molecule has 1 rings (SSSR count). The van der Waals surface area contributed by atoms with Crippen LogP contribution in [0.1, 0.15) is 2.85 Å². The van der Waals surface area contributed by atoms with E-state index in [9.17, 15) is 9.59 Å². The van der Waals surface area contributed by atoms with Gasteiger partial charge in [0.25, 0.3) is 0 Å². The van der Waals surface area contributed by atoms with Crippen molar-refractivity contribution in [2.75, 3.05) is 0 Å². The third-order valence-electron chi connectivity index (χ3n) is 0.978. The molecule has 0 radical (unpaired) electrons. The second-order valence-corrected chi connectivity index (χ2v) is 1.65. The quantitative estimate of drug-likeness (QED) is 0.404. The van der Waals surface area contributed by atoms with E-state index in [1.165, 1.54) is 0 Å². The van der Waals surface area contributed by atoms with Crippen LogP contribution in [0.2, 0.25) is 0 Å². The van der Waals surface area contributed by atoms with Crippen molar-refractivity contribution >= 4 is 49.7 Å². The van der Waals surface area contributed by atoms with E-state index in [0.717, 1.165) is 0 Å². The van der Waals surface area contributed by atoms with Crippen molar-refractivity contribution in [3.05, 3.63) is 0 Å². The van der Waals surface area contributed by atoms with Crippen molar-refractivity contribution in [1.82, 2.24) is 0 Å². The Balaban J connectivity index is -0.000000270. The van der Waals surface area contributed by atoms with Crippen LogP contribution in [0.4, 0.5) is 0 Å². The summed E-state index contributed by atoms with van der Waals surface area (Å²) in [6.45, 7) is 0. The van der Waals surface area contributed by atoms with Gasteiger partial charge in [0.05, 0.1) is 0 Å². The summed E-state index contributed by atoms with van der Waals surface area (Å²) in [6, 6.07) is 0. The van der Waals surface area contributed by atoms with Gasteiger partial charge in [-0.15, -0.1) is 0 Å². The largest absolute Gasteiger partial charge is 2.00 e. The van der Waals surface area contributed by atoms with Gasteiger partial charge < -0.3 is 17.8 Å². The van der Waals surface area contributed by atoms with Crippen molar-refractivity contribution in [3.8, 4) is 0 Å². The first-order valence-electron chi connectivity index (χ1n) is 2.24. The third kappa shape index (κ3) is 2.09. The number of ether oxygens (including phenoxy) is 1. The Morgan fingerprint density at radius 1 is 1.20 bits per heavy atom. The van der Waals surface area contributed by atoms with E-state index in [-0.39, 0.29) is 40.6 Å². The molecule has 1 fully saturated rings. The fraction of sp³-hybridized carbons (Fsp3) is 0.500. The fourth-order valence-corrected chi connectivity index (χ4v) is 0.488. The molecule has 1 aliphatic rings. The smallest absolute Gasteiger partial charge is 1.00 e. The molecule has 0 amide bonds. The van der Waals surface area contributed by atoms with E-state index < -0.39 is 24.1 Å². The summed E-state index contributed by atoms with van der Waals surface area (Å²) in [4.78, 5) is 19.8. The number of carbonyl (C=O) groups is 2. The number of carboxylic acid groups (broad SMARTS) is 2. The molecule has 1 aliphatic heterocycles. The molecule has 0 aromatic carbocycles. The van der Waals surface area contributed by atoms with Gasteiger partial charge in [0.1, 0.15) is 0 Å². The van der Waals surface area contributed by atoms with Crippen molar-refractivity contribution < 1.29 is 27.4 Å². The minimum absolute atomic E-state index is 0. The maximum atomic E-state index is 9.89. The van der Waals surface area contributed by atoms with Crippen LogP contribution in [0.25, 0.3) is 0 Å². The standard InChI is InChI=1S/C4H4O5.Ca.2H/c5-3(6)1-2(9-1)4(7)8;;;/h1-2H,(H,5,6)(H,7,8);;;/q;+2;2*-1. The van der Waals surface area contributed by atoms with Crippen LogP contribution in [-0.2, 0) is 14.3 Å². The number of epoxide rings is 1. The van der Waals surface area contributed by atoms with Gasteiger partial charge in [0, 0.05) is 0 Å². The summed E-state index contributed by atoms with van der Waals surface area (Å²) in [5.41, 5.74) is 0. The first-order chi connectivity index (χ1) is 4.13. The predicted molar refractivity (Wildman–Crippen MR) is 31.9 cm³/mol. The van der Waals surface area contributed by atoms with Crippen molar-refractivity contribution in [2.45, 2.75) is 12.2 Å². The fourth-order valence-electron chi connectivity index (χ4n) is 0.488. The molecule has 10 heavy (non-hydrogen) atoms. The number of hydrogen-bond acceptors (Lipinski definition) is 3. The number of hydrogen-bond donors (Lipinski definition) is 2. The number of aliphatic carboxylic acids is 2. The Labute approximate surface area is 88.9 Å². The van der Waals surface area contributed by atoms with E-state index in [2.05, 4.69) is 4.74 Å². The van der Waals surface area contributed by atoms with E-state index in [1.807, 2.05) is 0 Å². The van der Waals surface area contributed by atoms with Gasteiger partial charge >= 0.3 is 49.7 Å². The molecular formula is C4H6CaO5. The van der Waals surface area contributed by atoms with Gasteiger partial charge in [-0.1, -0.05) is 0 Å². The molecule has 2 unspecified atom stereocenters. The van der Waals surface area contributed by atoms with Gasteiger partial charge in [0.2, 0.25) is 0 Å². The molecule has 0 spiro atoms. The summed E-state index contributed by atoms with van der Waals surface area (Å²) in [5.74, 6) is -2.44. The molecule has 6 heteroatoms. The Morgan fingerprint density at radius 2 is 1.50 bits per heavy atom. The van der Waals surface area contributed by atoms with Crippen LogP contribution < -0.4 is 0 Å². The summed E-state index contributed by atoms with van der Waals surface area (Å²) < 4.78 is 4.24. The molecule has 0 aromatic rings. The summed E-state index contributed by atoms with van der Waals surface area (Å²) in [6.07, 6.45) is -2.25. The van der Waals surface area contributed by atoms with Crippen LogP contribution in [0, 0.1) is 0 Å². The molecular weight excluding hydrogens is 168 g/mol. The molecule has 54 valence electrons. The van der Waals surface area contributed by atoms with E-state index in [1.54, 1.807) is 0 Å². The normalized spacial score (nSPS) is 28.4. The number of carboxylic acids is 2. The van der Waals surface area contributed by atoms with E-state index in [0.29, 0.717) is 0 Å². The second-order valence-electron chi connectivity index (χ2n) is 1.65. The van der Waals surface area contributed by atoms with Crippen LogP contribution in [0.15, 0.2) is 0 Å². The van der Waals surface area contributed by atoms with Gasteiger partial charge in [-0.05, 0) is 0 Å². The van der Waals surface area contributed by atoms with E-state index >= 15 is 0 Å². The van der Waals surface area contributed by atoms with Gasteiger partial charge in [-0.2, -0.15) is 0 Å². The average molecular weight is 174 g/mol. The maximum absolute atomic E-state index is 9.89. The molecule has 5 nitrogen and oxygen atoms in total. The third-order valence-corrected chi connectivity index (χ3v) is 0.978. The molecule has 1 saturated heterocycles. The van der Waals surface area contributed by atoms with Crippen molar-refractivity contribution in [2.24, 2.45) is 0 Å². The Morgan fingerprint density at radius 3 is 1.60 bits per heavy atom. The minimum atomic E-state index is -1.22. The zero-order chi connectivity index (χ0) is 7.02. The van der Waals surface area contributed by atoms with Crippen LogP contribution in [-0.4, -0.2) is 72.1 Å². The molecule has 0 saturated carbocycles. The average Bonchev–Trinajstić information content (AvgIpc) is 2.39. The molecule has 2 N–H and O–H groups in total. The molecule has 0 bridgehead atoms. The van der Waals surface area contributed by atoms with Crippen LogP contribution >= 0.6 is 0 Å². The topological polar surface area (TPSA) is 87.1 Å². The van der Waals surface area contributed by atoms with Gasteiger partial charge in [-0.25, -0.2) is 9.59 Å². The van der Waals surface area contributed by atoms with Crippen LogP contribution in [0.3, 0.4) is 0 Å². The molecule has 0 aliphatic carbocycles. The molecule has 1 heterocycles. The Kier molecular flexibility index (Phi) is 3.58. The second kappa shape index (κ2) is 3.52. The minimum Gasteiger partial charge on any atom is -1.00 e. The monoisotopic (exact) mass is 174 g/mol. The molecule has 2 atom stereocenters. The summed E-state index contributed by atoms with van der Waals surface area (Å²) >= 11 is 0. The first-order valence-corrected chi connectivity index (χ1v) is 2.24. The van der Waals surface area contributed by atoms with Gasteiger partial charge in [-0.3, -0.25) is 0 Å². The number of rotatable bonds is 2. The zero-order valence-electron chi connectivity index (χ0n) is 6.98. The zero-order valence-corrected chi connectivity index (χ0v) is 7.19. The van der Waals surface area contributed by atoms with E-state index in [4.69, 9.17) is 10.2 Å². The van der Waals surface area contributed by atoms with Crippen molar-refractivity contribution in [1.29, 1.82) is 0 Å².